The van der Waals surface area contributed by atoms with E-state index in [9.17, 15) is 22.4 Å². The molecule has 2 fully saturated rings. The van der Waals surface area contributed by atoms with Gasteiger partial charge in [0.2, 0.25) is 15.9 Å². The molecular weight excluding hydrogens is 375 g/mol. The molecule has 1 saturated heterocycles. The molecule has 0 bridgehead atoms. The Morgan fingerprint density at radius 2 is 1.89 bits per heavy atom. The van der Waals surface area contributed by atoms with Gasteiger partial charge in [-0.15, -0.1) is 0 Å². The van der Waals surface area contributed by atoms with Crippen LogP contribution in [0.3, 0.4) is 0 Å². The number of hydrogen-bond acceptors (Lipinski definition) is 4. The van der Waals surface area contributed by atoms with Gasteiger partial charge in [0.15, 0.2) is 0 Å². The third-order valence-corrected chi connectivity index (χ3v) is 7.27. The summed E-state index contributed by atoms with van der Waals surface area (Å²) in [5.41, 5.74) is -0.707. The second kappa shape index (κ2) is 7.55. The van der Waals surface area contributed by atoms with Crippen LogP contribution in [0.1, 0.15) is 38.5 Å². The first kappa shape index (κ1) is 19.8. The minimum Gasteiger partial charge on any atom is -0.481 e. The molecule has 148 valence electrons. The molecule has 0 spiro atoms. The lowest BCUT2D eigenvalue weighted by Crippen LogP contribution is -2.57. The zero-order valence-corrected chi connectivity index (χ0v) is 15.7. The Morgan fingerprint density at radius 3 is 2.44 bits per heavy atom. The Balaban J connectivity index is 1.69. The number of benzene rings is 1. The van der Waals surface area contributed by atoms with E-state index in [-0.39, 0.29) is 23.8 Å². The van der Waals surface area contributed by atoms with Crippen LogP contribution in [0.4, 0.5) is 4.39 Å². The first-order chi connectivity index (χ1) is 12.7. The van der Waals surface area contributed by atoms with E-state index in [1.165, 1.54) is 16.4 Å². The summed E-state index contributed by atoms with van der Waals surface area (Å²) in [6.07, 6.45) is 3.06. The van der Waals surface area contributed by atoms with Crippen molar-refractivity contribution >= 4 is 21.9 Å². The number of halogens is 1. The second-order valence-corrected chi connectivity index (χ2v) is 9.29. The molecule has 9 heteroatoms. The normalized spacial score (nSPS) is 22.6. The summed E-state index contributed by atoms with van der Waals surface area (Å²) in [5, 5.41) is 11.9. The summed E-state index contributed by atoms with van der Waals surface area (Å²) in [5.74, 6) is -2.30. The van der Waals surface area contributed by atoms with Gasteiger partial charge in [0.1, 0.15) is 5.82 Å². The fraction of sp³-hybridized carbons (Fsp3) is 0.556. The number of nitrogens with one attached hydrogen (secondary N) is 1. The number of aliphatic carboxylic acids is 1. The molecule has 0 radical (unpaired) electrons. The number of carbonyl (C=O) groups is 2. The number of sulfonamides is 1. The first-order valence-electron chi connectivity index (χ1n) is 9.01. The van der Waals surface area contributed by atoms with Crippen LogP contribution >= 0.6 is 0 Å². The minimum absolute atomic E-state index is 0.00806. The number of amides is 1. The van der Waals surface area contributed by atoms with Crippen LogP contribution in [0, 0.1) is 11.7 Å². The third-order valence-electron chi connectivity index (χ3n) is 5.39. The van der Waals surface area contributed by atoms with E-state index in [0.717, 1.165) is 18.6 Å². The van der Waals surface area contributed by atoms with Crippen molar-refractivity contribution in [1.29, 1.82) is 0 Å². The summed E-state index contributed by atoms with van der Waals surface area (Å²) in [6.45, 7) is 0.332. The van der Waals surface area contributed by atoms with Crippen molar-refractivity contribution < 1.29 is 27.5 Å². The molecule has 3 rings (SSSR count). The molecule has 1 amide bonds. The lowest BCUT2D eigenvalue weighted by molar-refractivity contribution is -0.141. The van der Waals surface area contributed by atoms with Crippen LogP contribution in [-0.2, 0) is 19.6 Å². The average Bonchev–Trinajstić information content (AvgIpc) is 2.60. The molecule has 0 aromatic heterocycles. The zero-order valence-electron chi connectivity index (χ0n) is 14.9. The predicted octanol–water partition coefficient (Wildman–Crippen LogP) is 1.74. The van der Waals surface area contributed by atoms with E-state index in [1.807, 2.05) is 0 Å². The molecule has 2 aliphatic rings. The maximum atomic E-state index is 13.1. The molecule has 1 aliphatic carbocycles. The fourth-order valence-corrected chi connectivity index (χ4v) is 5.26. The molecule has 1 saturated carbocycles. The maximum absolute atomic E-state index is 13.1. The van der Waals surface area contributed by atoms with Gasteiger partial charge in [-0.25, -0.2) is 12.8 Å². The van der Waals surface area contributed by atoms with E-state index in [1.54, 1.807) is 0 Å². The second-order valence-electron chi connectivity index (χ2n) is 7.35. The van der Waals surface area contributed by atoms with Gasteiger partial charge in [-0.05, 0) is 56.4 Å². The van der Waals surface area contributed by atoms with Crippen molar-refractivity contribution in [2.75, 3.05) is 13.1 Å². The van der Waals surface area contributed by atoms with E-state index in [0.29, 0.717) is 32.2 Å². The monoisotopic (exact) mass is 398 g/mol. The quantitative estimate of drug-likeness (QED) is 0.760. The van der Waals surface area contributed by atoms with Crippen molar-refractivity contribution in [2.24, 2.45) is 5.92 Å². The largest absolute Gasteiger partial charge is 0.481 e. The van der Waals surface area contributed by atoms with Crippen LogP contribution in [-0.4, -0.2) is 48.3 Å². The number of carboxylic acids is 1. The highest BCUT2D eigenvalue weighted by molar-refractivity contribution is 7.89. The summed E-state index contributed by atoms with van der Waals surface area (Å²) in [4.78, 5) is 23.7. The van der Waals surface area contributed by atoms with Crippen molar-refractivity contribution in [3.63, 3.8) is 0 Å². The first-order valence-corrected chi connectivity index (χ1v) is 10.5. The van der Waals surface area contributed by atoms with Gasteiger partial charge in [-0.3, -0.25) is 9.59 Å². The van der Waals surface area contributed by atoms with Gasteiger partial charge >= 0.3 is 5.97 Å². The van der Waals surface area contributed by atoms with E-state index in [2.05, 4.69) is 5.32 Å². The van der Waals surface area contributed by atoms with E-state index < -0.39 is 33.3 Å². The number of rotatable bonds is 6. The standard InChI is InChI=1S/C18H23FN2O5S/c19-14-4-6-15(7-5-14)27(25,26)21-10-1-3-13(12-21)17(24)20-18(8-2-9-18)11-16(22)23/h4-7,13H,1-3,8-12H2,(H,20,24)(H,22,23). The Kier molecular flexibility index (Phi) is 5.53. The van der Waals surface area contributed by atoms with Crippen molar-refractivity contribution in [2.45, 2.75) is 49.0 Å². The zero-order chi connectivity index (χ0) is 19.7. The van der Waals surface area contributed by atoms with Crippen molar-refractivity contribution in [1.82, 2.24) is 9.62 Å². The summed E-state index contributed by atoms with van der Waals surface area (Å²) < 4.78 is 39.8. The molecular formula is C18H23FN2O5S. The third kappa shape index (κ3) is 4.30. The van der Waals surface area contributed by atoms with Gasteiger partial charge < -0.3 is 10.4 Å². The molecule has 1 aromatic rings. The van der Waals surface area contributed by atoms with Crippen LogP contribution in [0.25, 0.3) is 0 Å². The lowest BCUT2D eigenvalue weighted by atomic mass is 9.74. The van der Waals surface area contributed by atoms with Crippen molar-refractivity contribution in [3.8, 4) is 0 Å². The summed E-state index contributed by atoms with van der Waals surface area (Å²) in [6, 6.07) is 4.61. The molecule has 2 N–H and O–H groups in total. The highest BCUT2D eigenvalue weighted by Crippen LogP contribution is 2.35. The van der Waals surface area contributed by atoms with Crippen LogP contribution in [0.2, 0.25) is 0 Å². The SMILES string of the molecule is O=C(O)CC1(NC(=O)C2CCCN(S(=O)(=O)c3ccc(F)cc3)C2)CCC1. The van der Waals surface area contributed by atoms with Gasteiger partial charge in [-0.2, -0.15) is 4.31 Å². The van der Waals surface area contributed by atoms with Crippen LogP contribution in [0.15, 0.2) is 29.2 Å². The summed E-state index contributed by atoms with van der Waals surface area (Å²) >= 11 is 0. The number of nitrogens with zero attached hydrogens (tertiary/aromatic N) is 1. The Bertz CT molecular complexity index is 821. The molecule has 27 heavy (non-hydrogen) atoms. The van der Waals surface area contributed by atoms with Crippen molar-refractivity contribution in [3.05, 3.63) is 30.1 Å². The Morgan fingerprint density at radius 1 is 1.22 bits per heavy atom. The maximum Gasteiger partial charge on any atom is 0.305 e. The molecule has 1 aliphatic heterocycles. The molecule has 1 atom stereocenters. The van der Waals surface area contributed by atoms with Crippen LogP contribution in [0.5, 0.6) is 0 Å². The van der Waals surface area contributed by atoms with E-state index in [4.69, 9.17) is 5.11 Å². The molecule has 1 aromatic carbocycles. The number of carboxylic acid groups (broad SMARTS) is 1. The summed E-state index contributed by atoms with van der Waals surface area (Å²) in [7, 11) is -3.81. The number of piperidine rings is 1. The van der Waals surface area contributed by atoms with Gasteiger partial charge in [-0.1, -0.05) is 0 Å². The smallest absolute Gasteiger partial charge is 0.305 e. The van der Waals surface area contributed by atoms with E-state index >= 15 is 0 Å². The highest BCUT2D eigenvalue weighted by atomic mass is 32.2. The molecule has 7 nitrogen and oxygen atoms in total. The lowest BCUT2D eigenvalue weighted by Gasteiger charge is -2.43. The van der Waals surface area contributed by atoms with Gasteiger partial charge in [0.25, 0.3) is 0 Å². The molecule has 1 unspecified atom stereocenters. The highest BCUT2D eigenvalue weighted by Gasteiger charge is 2.42. The fourth-order valence-electron chi connectivity index (χ4n) is 3.73. The Labute approximate surface area is 157 Å². The Hall–Kier alpha value is -2.00. The topological polar surface area (TPSA) is 104 Å². The van der Waals surface area contributed by atoms with Gasteiger partial charge in [0, 0.05) is 13.1 Å². The average molecular weight is 398 g/mol. The predicted molar refractivity (Wildman–Crippen MR) is 94.9 cm³/mol. The van der Waals surface area contributed by atoms with Crippen LogP contribution < -0.4 is 5.32 Å². The number of carbonyl (C=O) groups excluding carboxylic acids is 1. The van der Waals surface area contributed by atoms with Gasteiger partial charge in [0.05, 0.1) is 22.8 Å². The number of hydrogen-bond donors (Lipinski definition) is 2. The minimum atomic E-state index is -3.81. The molecule has 1 heterocycles.